The summed E-state index contributed by atoms with van der Waals surface area (Å²) < 4.78 is 5.81. The Kier molecular flexibility index (Phi) is 6.32. The summed E-state index contributed by atoms with van der Waals surface area (Å²) in [6.45, 7) is 2.23. The Morgan fingerprint density at radius 2 is 1.79 bits per heavy atom. The van der Waals surface area contributed by atoms with E-state index in [1.807, 2.05) is 6.07 Å². The summed E-state index contributed by atoms with van der Waals surface area (Å²) in [6.07, 6.45) is 11.2. The SMILES string of the molecule is C[C@H](NC(=S)NC(=O)/C=C/c1ccc(-c2ccc(Cl)cc2Cl)o1)C12CC3CC(CC(C3)C1)C2. The Bertz CT molecular complexity index is 1070. The van der Waals surface area contributed by atoms with Gasteiger partial charge in [-0.1, -0.05) is 23.2 Å². The summed E-state index contributed by atoms with van der Waals surface area (Å²) in [4.78, 5) is 12.4. The number of halogens is 2. The molecule has 0 unspecified atom stereocenters. The number of nitrogens with one attached hydrogen (secondary N) is 2. The third-order valence-corrected chi connectivity index (χ3v) is 8.58. The molecule has 2 aromatic rings. The van der Waals surface area contributed by atoms with Crippen LogP contribution in [0.2, 0.25) is 10.0 Å². The van der Waals surface area contributed by atoms with Crippen LogP contribution in [0.4, 0.5) is 0 Å². The number of hydrogen-bond donors (Lipinski definition) is 2. The highest BCUT2D eigenvalue weighted by molar-refractivity contribution is 7.80. The summed E-state index contributed by atoms with van der Waals surface area (Å²) >= 11 is 17.7. The van der Waals surface area contributed by atoms with E-state index in [2.05, 4.69) is 17.6 Å². The molecule has 0 radical (unpaired) electrons. The summed E-state index contributed by atoms with van der Waals surface area (Å²) in [7, 11) is 0. The molecule has 174 valence electrons. The number of amides is 1. The van der Waals surface area contributed by atoms with Gasteiger partial charge in [-0.15, -0.1) is 0 Å². The lowest BCUT2D eigenvalue weighted by Gasteiger charge is -2.59. The lowest BCUT2D eigenvalue weighted by Crippen LogP contribution is -2.57. The lowest BCUT2D eigenvalue weighted by molar-refractivity contribution is -0.115. The van der Waals surface area contributed by atoms with E-state index in [0.717, 1.165) is 23.3 Å². The molecule has 1 aromatic heterocycles. The predicted octanol–water partition coefficient (Wildman–Crippen LogP) is 6.86. The van der Waals surface area contributed by atoms with Gasteiger partial charge in [0.25, 0.3) is 0 Å². The van der Waals surface area contributed by atoms with Crippen molar-refractivity contribution in [3.63, 3.8) is 0 Å². The second-order valence-electron chi connectivity index (χ2n) is 10.1. The third kappa shape index (κ3) is 4.87. The highest BCUT2D eigenvalue weighted by atomic mass is 35.5. The Morgan fingerprint density at radius 3 is 2.42 bits per heavy atom. The third-order valence-electron chi connectivity index (χ3n) is 7.81. The molecule has 0 aliphatic heterocycles. The largest absolute Gasteiger partial charge is 0.457 e. The van der Waals surface area contributed by atoms with Crippen LogP contribution < -0.4 is 10.6 Å². The maximum atomic E-state index is 12.4. The topological polar surface area (TPSA) is 54.3 Å². The van der Waals surface area contributed by atoms with Crippen LogP contribution in [0.1, 0.15) is 51.2 Å². The van der Waals surface area contributed by atoms with Crippen LogP contribution in [0.15, 0.2) is 40.8 Å². The van der Waals surface area contributed by atoms with E-state index in [-0.39, 0.29) is 11.9 Å². The minimum Gasteiger partial charge on any atom is -0.457 e. The van der Waals surface area contributed by atoms with Crippen molar-refractivity contribution in [3.05, 3.63) is 52.2 Å². The van der Waals surface area contributed by atoms with Gasteiger partial charge < -0.3 is 9.73 Å². The van der Waals surface area contributed by atoms with E-state index in [9.17, 15) is 4.79 Å². The average Bonchev–Trinajstić information content (AvgIpc) is 3.20. The highest BCUT2D eigenvalue weighted by Gasteiger charge is 2.53. The molecular formula is C26H28Cl2N2O2S. The molecule has 4 nitrogen and oxygen atoms in total. The Hall–Kier alpha value is -1.82. The predicted molar refractivity (Wildman–Crippen MR) is 137 cm³/mol. The fourth-order valence-corrected chi connectivity index (χ4v) is 7.46. The summed E-state index contributed by atoms with van der Waals surface area (Å²) in [5.41, 5.74) is 1.07. The molecule has 4 bridgehead atoms. The molecule has 1 amide bonds. The van der Waals surface area contributed by atoms with Crippen molar-refractivity contribution in [2.45, 2.75) is 51.5 Å². The number of hydrogen-bond acceptors (Lipinski definition) is 3. The van der Waals surface area contributed by atoms with Gasteiger partial charge in [0.2, 0.25) is 5.91 Å². The van der Waals surface area contributed by atoms with Gasteiger partial charge in [-0.2, -0.15) is 0 Å². The standard InChI is InChI=1S/C26H28Cl2N2O2S/c1-15(26-12-16-8-17(13-26)10-18(9-16)14-26)29-25(33)30-24(31)7-4-20-3-6-23(32-20)21-5-2-19(27)11-22(21)28/h2-7,11,15-18H,8-10,12-14H2,1H3,(H2,29,30,31,33)/b7-4+/t15-,16?,17?,18?,26?/m0/s1. The van der Waals surface area contributed by atoms with Gasteiger partial charge in [0.05, 0.1) is 5.02 Å². The average molecular weight is 503 g/mol. The summed E-state index contributed by atoms with van der Waals surface area (Å²) in [5, 5.41) is 7.67. The molecule has 1 heterocycles. The fraction of sp³-hybridized carbons (Fsp3) is 0.462. The van der Waals surface area contributed by atoms with Crippen molar-refractivity contribution in [2.24, 2.45) is 23.2 Å². The monoisotopic (exact) mass is 502 g/mol. The first-order valence-electron chi connectivity index (χ1n) is 11.6. The molecule has 1 aromatic carbocycles. The number of carbonyl (C=O) groups excluding carboxylic acids is 1. The van der Waals surface area contributed by atoms with Gasteiger partial charge >= 0.3 is 0 Å². The summed E-state index contributed by atoms with van der Waals surface area (Å²) in [6, 6.07) is 9.09. The van der Waals surface area contributed by atoms with Crippen LogP contribution in [0.5, 0.6) is 0 Å². The van der Waals surface area contributed by atoms with Crippen LogP contribution >= 0.6 is 35.4 Å². The molecule has 6 rings (SSSR count). The second kappa shape index (κ2) is 9.09. The smallest absolute Gasteiger partial charge is 0.250 e. The van der Waals surface area contributed by atoms with Crippen LogP contribution in [0.25, 0.3) is 17.4 Å². The number of rotatable bonds is 5. The molecular weight excluding hydrogens is 475 g/mol. The van der Waals surface area contributed by atoms with E-state index in [1.54, 1.807) is 30.3 Å². The van der Waals surface area contributed by atoms with Gasteiger partial charge in [-0.05, 0) is 117 Å². The zero-order chi connectivity index (χ0) is 23.2. The maximum absolute atomic E-state index is 12.4. The quantitative estimate of drug-likeness (QED) is 0.346. The van der Waals surface area contributed by atoms with E-state index in [0.29, 0.717) is 32.1 Å². The molecule has 7 heteroatoms. The van der Waals surface area contributed by atoms with Crippen LogP contribution in [-0.4, -0.2) is 17.1 Å². The summed E-state index contributed by atoms with van der Waals surface area (Å²) in [5.74, 6) is 3.52. The van der Waals surface area contributed by atoms with E-state index >= 15 is 0 Å². The zero-order valence-electron chi connectivity index (χ0n) is 18.6. The van der Waals surface area contributed by atoms with Crippen LogP contribution in [0, 0.1) is 23.2 Å². The van der Waals surface area contributed by atoms with E-state index in [4.69, 9.17) is 39.8 Å². The zero-order valence-corrected chi connectivity index (χ0v) is 20.9. The minimum atomic E-state index is -0.285. The minimum absolute atomic E-state index is 0.263. The van der Waals surface area contributed by atoms with Crippen molar-refractivity contribution in [1.82, 2.24) is 10.6 Å². The van der Waals surface area contributed by atoms with E-state index in [1.165, 1.54) is 44.6 Å². The Balaban J connectivity index is 1.16. The first-order valence-corrected chi connectivity index (χ1v) is 12.8. The molecule has 1 atom stereocenters. The van der Waals surface area contributed by atoms with E-state index < -0.39 is 0 Å². The first kappa shape index (κ1) is 22.9. The fourth-order valence-electron chi connectivity index (χ4n) is 6.68. The van der Waals surface area contributed by atoms with Crippen molar-refractivity contribution in [2.75, 3.05) is 0 Å². The first-order chi connectivity index (χ1) is 15.8. The van der Waals surface area contributed by atoms with Crippen LogP contribution in [0.3, 0.4) is 0 Å². The molecule has 0 saturated heterocycles. The number of benzene rings is 1. The van der Waals surface area contributed by atoms with Crippen molar-refractivity contribution < 1.29 is 9.21 Å². The molecule has 4 aliphatic rings. The molecule has 0 spiro atoms. The molecule has 33 heavy (non-hydrogen) atoms. The van der Waals surface area contributed by atoms with Gasteiger partial charge in [0, 0.05) is 22.7 Å². The molecule has 4 fully saturated rings. The van der Waals surface area contributed by atoms with Crippen molar-refractivity contribution in [3.8, 4) is 11.3 Å². The van der Waals surface area contributed by atoms with Gasteiger partial charge in [-0.3, -0.25) is 10.1 Å². The van der Waals surface area contributed by atoms with Gasteiger partial charge in [0.1, 0.15) is 11.5 Å². The highest BCUT2D eigenvalue weighted by Crippen LogP contribution is 2.61. The number of furan rings is 1. The van der Waals surface area contributed by atoms with Crippen molar-refractivity contribution in [1.29, 1.82) is 0 Å². The number of carbonyl (C=O) groups is 1. The van der Waals surface area contributed by atoms with Crippen LogP contribution in [-0.2, 0) is 4.79 Å². The number of thiocarbonyl (C=S) groups is 1. The second-order valence-corrected chi connectivity index (χ2v) is 11.4. The lowest BCUT2D eigenvalue weighted by atomic mass is 9.48. The van der Waals surface area contributed by atoms with Gasteiger partial charge in [0.15, 0.2) is 5.11 Å². The Morgan fingerprint density at radius 1 is 1.12 bits per heavy atom. The van der Waals surface area contributed by atoms with Crippen molar-refractivity contribution >= 4 is 52.5 Å². The molecule has 2 N–H and O–H groups in total. The normalized spacial score (nSPS) is 28.8. The maximum Gasteiger partial charge on any atom is 0.250 e. The molecule has 4 saturated carbocycles. The molecule has 4 aliphatic carbocycles. The Labute approximate surface area is 210 Å². The van der Waals surface area contributed by atoms with Gasteiger partial charge in [-0.25, -0.2) is 0 Å².